The average Bonchev–Trinajstić information content (AvgIpc) is 2.05. The molecule has 0 amide bonds. The smallest absolute Gasteiger partial charge is 0.159 e. The third-order valence-corrected chi connectivity index (χ3v) is 2.01. The van der Waals surface area contributed by atoms with E-state index in [1.807, 2.05) is 13.0 Å². The molecule has 0 spiro atoms. The summed E-state index contributed by atoms with van der Waals surface area (Å²) in [6, 6.07) is 0. The highest BCUT2D eigenvalue weighted by atomic mass is 16.1. The van der Waals surface area contributed by atoms with E-state index in [0.717, 1.165) is 18.4 Å². The average molecular weight is 138 g/mol. The molecule has 0 N–H and O–H groups in total. The van der Waals surface area contributed by atoms with Crippen molar-refractivity contribution in [1.82, 2.24) is 0 Å². The predicted octanol–water partition coefficient (Wildman–Crippen LogP) is 2.32. The van der Waals surface area contributed by atoms with Gasteiger partial charge < -0.3 is 0 Å². The van der Waals surface area contributed by atoms with Gasteiger partial charge in [-0.15, -0.1) is 0 Å². The topological polar surface area (TPSA) is 17.1 Å². The number of allylic oxidation sites excluding steroid dienone is 2. The molecule has 1 heteroatoms. The zero-order valence-corrected chi connectivity index (χ0v) is 6.90. The summed E-state index contributed by atoms with van der Waals surface area (Å²) in [4.78, 5) is 11.2. The minimum absolute atomic E-state index is 0.221. The van der Waals surface area contributed by atoms with Crippen LogP contribution in [-0.2, 0) is 4.79 Å². The number of hydrogen-bond acceptors (Lipinski definition) is 1. The molecule has 1 aliphatic carbocycles. The summed E-state index contributed by atoms with van der Waals surface area (Å²) in [6.45, 7) is 6.22. The van der Waals surface area contributed by atoms with Gasteiger partial charge >= 0.3 is 0 Å². The van der Waals surface area contributed by atoms with E-state index in [-0.39, 0.29) is 5.41 Å². The summed E-state index contributed by atoms with van der Waals surface area (Å²) in [5.41, 5.74) is 1.24. The Hall–Kier alpha value is -0.590. The Bertz CT molecular complexity index is 187. The lowest BCUT2D eigenvalue weighted by Crippen LogP contribution is -2.04. The molecule has 1 saturated carbocycles. The summed E-state index contributed by atoms with van der Waals surface area (Å²) >= 11 is 0. The van der Waals surface area contributed by atoms with Crippen LogP contribution in [0.25, 0.3) is 0 Å². The number of carbonyl (C=O) groups is 1. The van der Waals surface area contributed by atoms with Crippen molar-refractivity contribution in [2.75, 3.05) is 0 Å². The molecule has 1 aliphatic rings. The lowest BCUT2D eigenvalue weighted by molar-refractivity contribution is -0.115. The van der Waals surface area contributed by atoms with Crippen LogP contribution in [0.2, 0.25) is 0 Å². The number of carbonyl (C=O) groups excluding carboxylic acids is 1. The van der Waals surface area contributed by atoms with Gasteiger partial charge in [-0.05, 0) is 24.3 Å². The molecule has 0 atom stereocenters. The van der Waals surface area contributed by atoms with Gasteiger partial charge in [0, 0.05) is 6.42 Å². The standard InChI is InChI=1S/C9H14O/c1-4-7-5-9(2,3)6-8(7)10/h4H,5-6H2,1-3H3/b7-4+. The zero-order chi connectivity index (χ0) is 7.78. The third-order valence-electron chi connectivity index (χ3n) is 2.01. The van der Waals surface area contributed by atoms with Gasteiger partial charge in [-0.1, -0.05) is 19.9 Å². The largest absolute Gasteiger partial charge is 0.295 e. The van der Waals surface area contributed by atoms with Crippen molar-refractivity contribution >= 4 is 5.78 Å². The molecular formula is C9H14O. The second-order valence-electron chi connectivity index (χ2n) is 3.75. The molecule has 0 aliphatic heterocycles. The van der Waals surface area contributed by atoms with E-state index in [2.05, 4.69) is 13.8 Å². The Morgan fingerprint density at radius 1 is 1.40 bits per heavy atom. The monoisotopic (exact) mass is 138 g/mol. The highest BCUT2D eigenvalue weighted by molar-refractivity contribution is 5.98. The van der Waals surface area contributed by atoms with E-state index in [0.29, 0.717) is 5.78 Å². The van der Waals surface area contributed by atoms with Crippen molar-refractivity contribution in [3.05, 3.63) is 11.6 Å². The Kier molecular flexibility index (Phi) is 1.67. The Morgan fingerprint density at radius 2 is 2.00 bits per heavy atom. The van der Waals surface area contributed by atoms with Gasteiger partial charge in [0.05, 0.1) is 0 Å². The molecule has 0 aromatic heterocycles. The molecule has 0 aromatic rings. The van der Waals surface area contributed by atoms with Gasteiger partial charge in [0.1, 0.15) is 0 Å². The van der Waals surface area contributed by atoms with Gasteiger partial charge in [0.25, 0.3) is 0 Å². The summed E-state index contributed by atoms with van der Waals surface area (Å²) in [5.74, 6) is 0.340. The van der Waals surface area contributed by atoms with Gasteiger partial charge in [-0.25, -0.2) is 0 Å². The lowest BCUT2D eigenvalue weighted by atomic mass is 9.92. The predicted molar refractivity (Wildman–Crippen MR) is 41.8 cm³/mol. The van der Waals surface area contributed by atoms with E-state index >= 15 is 0 Å². The molecule has 1 nitrogen and oxygen atoms in total. The lowest BCUT2D eigenvalue weighted by Gasteiger charge is -2.12. The number of Topliss-reactive ketones (excluding diaryl/α,β-unsaturated/α-hetero) is 1. The Labute approximate surface area is 62.1 Å². The van der Waals surface area contributed by atoms with E-state index in [9.17, 15) is 4.79 Å². The first-order valence-electron chi connectivity index (χ1n) is 3.73. The van der Waals surface area contributed by atoms with Crippen LogP contribution in [-0.4, -0.2) is 5.78 Å². The molecule has 0 unspecified atom stereocenters. The molecular weight excluding hydrogens is 124 g/mol. The van der Waals surface area contributed by atoms with Crippen LogP contribution in [0.3, 0.4) is 0 Å². The quantitative estimate of drug-likeness (QED) is 0.469. The van der Waals surface area contributed by atoms with Gasteiger partial charge in [0.15, 0.2) is 5.78 Å². The molecule has 0 aromatic carbocycles. The molecule has 1 fully saturated rings. The maximum atomic E-state index is 11.2. The highest BCUT2D eigenvalue weighted by Gasteiger charge is 2.32. The van der Waals surface area contributed by atoms with Crippen LogP contribution in [0, 0.1) is 5.41 Å². The SMILES string of the molecule is C/C=C1\CC(C)(C)CC1=O. The third kappa shape index (κ3) is 1.28. The van der Waals surface area contributed by atoms with Crippen LogP contribution < -0.4 is 0 Å². The fourth-order valence-electron chi connectivity index (χ4n) is 1.49. The van der Waals surface area contributed by atoms with Gasteiger partial charge in [-0.3, -0.25) is 4.79 Å². The van der Waals surface area contributed by atoms with Gasteiger partial charge in [-0.2, -0.15) is 0 Å². The van der Waals surface area contributed by atoms with Crippen LogP contribution in [0.5, 0.6) is 0 Å². The molecule has 1 rings (SSSR count). The van der Waals surface area contributed by atoms with Crippen LogP contribution in [0.15, 0.2) is 11.6 Å². The first kappa shape index (κ1) is 7.52. The number of rotatable bonds is 0. The molecule has 10 heavy (non-hydrogen) atoms. The van der Waals surface area contributed by atoms with E-state index in [1.54, 1.807) is 0 Å². The van der Waals surface area contributed by atoms with Crippen molar-refractivity contribution in [2.45, 2.75) is 33.6 Å². The van der Waals surface area contributed by atoms with Crippen LogP contribution in [0.1, 0.15) is 33.6 Å². The van der Waals surface area contributed by atoms with Crippen LogP contribution in [0.4, 0.5) is 0 Å². The fourth-order valence-corrected chi connectivity index (χ4v) is 1.49. The molecule has 0 heterocycles. The highest BCUT2D eigenvalue weighted by Crippen LogP contribution is 2.37. The fraction of sp³-hybridized carbons (Fsp3) is 0.667. The van der Waals surface area contributed by atoms with Crippen molar-refractivity contribution in [3.8, 4) is 0 Å². The Morgan fingerprint density at radius 3 is 2.20 bits per heavy atom. The normalized spacial score (nSPS) is 27.9. The van der Waals surface area contributed by atoms with E-state index in [4.69, 9.17) is 0 Å². The van der Waals surface area contributed by atoms with Crippen molar-refractivity contribution in [3.63, 3.8) is 0 Å². The van der Waals surface area contributed by atoms with Crippen molar-refractivity contribution in [1.29, 1.82) is 0 Å². The first-order chi connectivity index (χ1) is 4.55. The van der Waals surface area contributed by atoms with Crippen LogP contribution >= 0.6 is 0 Å². The number of ketones is 1. The van der Waals surface area contributed by atoms with Crippen molar-refractivity contribution < 1.29 is 4.79 Å². The molecule has 0 saturated heterocycles. The second kappa shape index (κ2) is 2.22. The minimum Gasteiger partial charge on any atom is -0.295 e. The summed E-state index contributed by atoms with van der Waals surface area (Å²) < 4.78 is 0. The molecule has 0 radical (unpaired) electrons. The van der Waals surface area contributed by atoms with E-state index < -0.39 is 0 Å². The summed E-state index contributed by atoms with van der Waals surface area (Å²) in [6.07, 6.45) is 3.63. The van der Waals surface area contributed by atoms with Gasteiger partial charge in [0.2, 0.25) is 0 Å². The minimum atomic E-state index is 0.221. The first-order valence-corrected chi connectivity index (χ1v) is 3.73. The molecule has 56 valence electrons. The van der Waals surface area contributed by atoms with Crippen molar-refractivity contribution in [2.24, 2.45) is 5.41 Å². The zero-order valence-electron chi connectivity index (χ0n) is 6.90. The maximum absolute atomic E-state index is 11.2. The summed E-state index contributed by atoms with van der Waals surface area (Å²) in [5, 5.41) is 0. The van der Waals surface area contributed by atoms with E-state index in [1.165, 1.54) is 0 Å². The maximum Gasteiger partial charge on any atom is 0.159 e. The molecule has 0 bridgehead atoms. The second-order valence-corrected chi connectivity index (χ2v) is 3.75. The Balaban J connectivity index is 2.81. The summed E-state index contributed by atoms with van der Waals surface area (Å²) in [7, 11) is 0. The number of hydrogen-bond donors (Lipinski definition) is 0.